The van der Waals surface area contributed by atoms with Gasteiger partial charge in [-0.15, -0.1) is 0 Å². The Hall–Kier alpha value is 0.870. The minimum absolute atomic E-state index is 0. The second-order valence-electron chi connectivity index (χ2n) is 8.88. The number of unbranched alkanes of at least 4 members (excludes halogenated alkanes) is 15. The van der Waals surface area contributed by atoms with Gasteiger partial charge < -0.3 is 9.66 Å². The Morgan fingerprint density at radius 3 is 1.33 bits per heavy atom. The van der Waals surface area contributed by atoms with E-state index in [0.29, 0.717) is 12.8 Å². The third kappa shape index (κ3) is 22.1. The molecular formula is C24H49NaO4S. The molecule has 30 heavy (non-hydrogen) atoms. The predicted molar refractivity (Wildman–Crippen MR) is 123 cm³/mol. The quantitative estimate of drug-likeness (QED) is 0.151. The molecule has 0 aliphatic carbocycles. The second kappa shape index (κ2) is 23.0. The molecule has 4 nitrogen and oxygen atoms in total. The van der Waals surface area contributed by atoms with Crippen molar-refractivity contribution in [3.05, 3.63) is 0 Å². The van der Waals surface area contributed by atoms with Crippen LogP contribution in [-0.2, 0) is 10.1 Å². The van der Waals surface area contributed by atoms with E-state index in [4.69, 9.17) is 0 Å². The number of hydrogen-bond donors (Lipinski definition) is 1. The molecule has 1 N–H and O–H groups in total. The summed E-state index contributed by atoms with van der Waals surface area (Å²) in [5.41, 5.74) is 0. The smallest absolute Gasteiger partial charge is 0.748 e. The summed E-state index contributed by atoms with van der Waals surface area (Å²) >= 11 is 0. The molecule has 0 aromatic rings. The molecule has 0 aromatic carbocycles. The third-order valence-electron chi connectivity index (χ3n) is 5.96. The maximum absolute atomic E-state index is 11.6. The van der Waals surface area contributed by atoms with E-state index in [9.17, 15) is 18.1 Å². The summed E-state index contributed by atoms with van der Waals surface area (Å²) in [4.78, 5) is 0. The van der Waals surface area contributed by atoms with Crippen LogP contribution in [0.15, 0.2) is 0 Å². The average molecular weight is 457 g/mol. The van der Waals surface area contributed by atoms with E-state index in [0.717, 1.165) is 32.1 Å². The number of hydrogen-bond acceptors (Lipinski definition) is 4. The first-order valence-electron chi connectivity index (χ1n) is 12.5. The van der Waals surface area contributed by atoms with Crippen molar-refractivity contribution in [3.8, 4) is 0 Å². The minimum atomic E-state index is -4.33. The maximum Gasteiger partial charge on any atom is 1.00 e. The summed E-state index contributed by atoms with van der Waals surface area (Å²) in [6.07, 6.45) is 20.5. The molecule has 0 aliphatic heterocycles. The summed E-state index contributed by atoms with van der Waals surface area (Å²) in [6, 6.07) is 0. The van der Waals surface area contributed by atoms with Crippen molar-refractivity contribution in [1.29, 1.82) is 0 Å². The van der Waals surface area contributed by atoms with Crippen molar-refractivity contribution >= 4 is 10.1 Å². The van der Waals surface area contributed by atoms with Gasteiger partial charge in [0.05, 0.1) is 21.5 Å². The zero-order chi connectivity index (χ0) is 21.8. The van der Waals surface area contributed by atoms with Crippen LogP contribution in [0.1, 0.15) is 142 Å². The van der Waals surface area contributed by atoms with Gasteiger partial charge >= 0.3 is 29.6 Å². The van der Waals surface area contributed by atoms with Gasteiger partial charge in [0.15, 0.2) is 0 Å². The van der Waals surface area contributed by atoms with E-state index in [1.165, 1.54) is 77.0 Å². The molecule has 6 heteroatoms. The summed E-state index contributed by atoms with van der Waals surface area (Å²) in [7, 11) is -4.33. The van der Waals surface area contributed by atoms with Gasteiger partial charge in [0.2, 0.25) is 0 Å². The van der Waals surface area contributed by atoms with Crippen LogP contribution in [0.4, 0.5) is 0 Å². The Balaban J connectivity index is 0. The van der Waals surface area contributed by atoms with Crippen molar-refractivity contribution in [1.82, 2.24) is 0 Å². The van der Waals surface area contributed by atoms with Crippen LogP contribution in [0.5, 0.6) is 0 Å². The zero-order valence-corrected chi connectivity index (χ0v) is 23.2. The van der Waals surface area contributed by atoms with Crippen LogP contribution in [0.25, 0.3) is 0 Å². The van der Waals surface area contributed by atoms with E-state index in [1.54, 1.807) is 0 Å². The van der Waals surface area contributed by atoms with Gasteiger partial charge in [0, 0.05) is 0 Å². The van der Waals surface area contributed by atoms with E-state index in [2.05, 4.69) is 13.8 Å². The molecule has 0 saturated carbocycles. The fourth-order valence-electron chi connectivity index (χ4n) is 4.00. The topological polar surface area (TPSA) is 77.4 Å². The van der Waals surface area contributed by atoms with Crippen molar-refractivity contribution in [2.24, 2.45) is 0 Å². The molecule has 0 amide bonds. The molecule has 0 rings (SSSR count). The van der Waals surface area contributed by atoms with E-state index in [1.807, 2.05) is 0 Å². The monoisotopic (exact) mass is 456 g/mol. The average Bonchev–Trinajstić information content (AvgIpc) is 2.67. The van der Waals surface area contributed by atoms with Gasteiger partial charge in [0.25, 0.3) is 0 Å². The normalized spacial score (nSPS) is 13.7. The van der Waals surface area contributed by atoms with E-state index >= 15 is 0 Å². The number of rotatable bonds is 22. The van der Waals surface area contributed by atoms with Crippen molar-refractivity contribution in [2.45, 2.75) is 154 Å². The largest absolute Gasteiger partial charge is 1.00 e. The molecule has 0 fully saturated rings. The molecule has 176 valence electrons. The third-order valence-corrected chi connectivity index (χ3v) is 7.21. The summed E-state index contributed by atoms with van der Waals surface area (Å²) in [6.45, 7) is 4.43. The van der Waals surface area contributed by atoms with Gasteiger partial charge in [-0.25, -0.2) is 8.42 Å². The van der Waals surface area contributed by atoms with Crippen LogP contribution < -0.4 is 29.6 Å². The zero-order valence-electron chi connectivity index (χ0n) is 20.4. The van der Waals surface area contributed by atoms with Crippen LogP contribution in [0.2, 0.25) is 0 Å². The van der Waals surface area contributed by atoms with Crippen LogP contribution in [0, 0.1) is 0 Å². The molecule has 0 aromatic heterocycles. The predicted octanol–water partition coefficient (Wildman–Crippen LogP) is 4.11. The van der Waals surface area contributed by atoms with Gasteiger partial charge in [-0.2, -0.15) is 0 Å². The maximum atomic E-state index is 11.6. The Bertz CT molecular complexity index is 442. The fraction of sp³-hybridized carbons (Fsp3) is 1.00. The van der Waals surface area contributed by atoms with Crippen LogP contribution >= 0.6 is 0 Å². The summed E-state index contributed by atoms with van der Waals surface area (Å²) in [5.74, 6) is 0. The van der Waals surface area contributed by atoms with Crippen LogP contribution in [-0.4, -0.2) is 29.4 Å². The SMILES string of the molecule is CCCCCCCCCCCCC(CC(O)CCCCCCCCC)S(=O)(=O)[O-].[Na+]. The molecule has 0 spiro atoms. The van der Waals surface area contributed by atoms with Crippen molar-refractivity contribution in [3.63, 3.8) is 0 Å². The Morgan fingerprint density at radius 1 is 0.633 bits per heavy atom. The Kier molecular flexibility index (Phi) is 25.4. The van der Waals surface area contributed by atoms with Gasteiger partial charge in [-0.05, 0) is 19.3 Å². The summed E-state index contributed by atoms with van der Waals surface area (Å²) < 4.78 is 34.7. The number of aliphatic hydroxyl groups excluding tert-OH is 1. The first-order chi connectivity index (χ1) is 13.9. The van der Waals surface area contributed by atoms with Gasteiger partial charge in [-0.1, -0.05) is 123 Å². The Labute approximate surface area is 210 Å². The fourth-order valence-corrected chi connectivity index (χ4v) is 4.91. The van der Waals surface area contributed by atoms with Crippen LogP contribution in [0.3, 0.4) is 0 Å². The molecule has 0 saturated heterocycles. The van der Waals surface area contributed by atoms with Crippen molar-refractivity contribution in [2.75, 3.05) is 0 Å². The van der Waals surface area contributed by atoms with Gasteiger partial charge in [-0.3, -0.25) is 0 Å². The standard InChI is InChI=1S/C24H50O4S.Na/c1-3-5-7-9-11-12-13-15-17-19-21-24(29(26,27)28)22-23(25)20-18-16-14-10-8-6-4-2;/h23-25H,3-22H2,1-2H3,(H,26,27,28);/q;+1/p-1. The molecular weight excluding hydrogens is 407 g/mol. The van der Waals surface area contributed by atoms with E-state index in [-0.39, 0.29) is 36.0 Å². The minimum Gasteiger partial charge on any atom is -0.748 e. The molecule has 2 unspecified atom stereocenters. The molecule has 0 heterocycles. The molecule has 0 aliphatic rings. The first kappa shape index (κ1) is 33.0. The molecule has 0 radical (unpaired) electrons. The summed E-state index contributed by atoms with van der Waals surface area (Å²) in [5, 5.41) is 9.26. The first-order valence-corrected chi connectivity index (χ1v) is 14.0. The van der Waals surface area contributed by atoms with E-state index < -0.39 is 21.5 Å². The Morgan fingerprint density at radius 2 is 0.967 bits per heavy atom. The van der Waals surface area contributed by atoms with Gasteiger partial charge in [0.1, 0.15) is 0 Å². The van der Waals surface area contributed by atoms with Crippen molar-refractivity contribution < 1.29 is 47.6 Å². The second-order valence-corrected chi connectivity index (χ2v) is 10.5. The number of aliphatic hydroxyl groups is 1. The molecule has 2 atom stereocenters. The molecule has 0 bridgehead atoms.